The van der Waals surface area contributed by atoms with Gasteiger partial charge in [-0.25, -0.2) is 0 Å². The van der Waals surface area contributed by atoms with Gasteiger partial charge < -0.3 is 0 Å². The molecule has 0 saturated carbocycles. The van der Waals surface area contributed by atoms with Crippen molar-refractivity contribution in [3.63, 3.8) is 0 Å². The second-order valence-corrected chi connectivity index (χ2v) is 1.58. The van der Waals surface area contributed by atoms with E-state index in [1.165, 1.54) is 4.80 Å². The number of nitrogens with zero attached hydrogens (tertiary/aromatic N) is 7. The van der Waals surface area contributed by atoms with Crippen molar-refractivity contribution in [3.05, 3.63) is 16.3 Å². The Morgan fingerprint density at radius 2 is 2.60 bits per heavy atom. The van der Waals surface area contributed by atoms with E-state index < -0.39 is 0 Å². The maximum Gasteiger partial charge on any atom is 0.180 e. The fourth-order valence-electron chi connectivity index (χ4n) is 0.482. The molecule has 1 rings (SSSR count). The van der Waals surface area contributed by atoms with E-state index in [0.717, 1.165) is 0 Å². The van der Waals surface area contributed by atoms with E-state index >= 15 is 0 Å². The molecule has 0 atom stereocenters. The summed E-state index contributed by atoms with van der Waals surface area (Å²) in [6.07, 6.45) is 0. The first-order chi connectivity index (χ1) is 4.83. The van der Waals surface area contributed by atoms with E-state index in [0.29, 0.717) is 5.82 Å². The fraction of sp³-hybridized carbons (Fsp3) is 0.667. The van der Waals surface area contributed by atoms with Gasteiger partial charge in [-0.15, -0.1) is 10.2 Å². The molecular formula is C3H5N7. The van der Waals surface area contributed by atoms with Crippen molar-refractivity contribution in [1.29, 1.82) is 0 Å². The maximum atomic E-state index is 7.91. The van der Waals surface area contributed by atoms with Crippen LogP contribution in [0.4, 0.5) is 0 Å². The van der Waals surface area contributed by atoms with Gasteiger partial charge in [0.05, 0.1) is 13.6 Å². The molecule has 0 radical (unpaired) electrons. The van der Waals surface area contributed by atoms with Crippen molar-refractivity contribution in [2.24, 2.45) is 12.2 Å². The summed E-state index contributed by atoms with van der Waals surface area (Å²) in [7, 11) is 1.65. The molecule has 0 amide bonds. The Balaban J connectivity index is 2.66. The molecule has 52 valence electrons. The van der Waals surface area contributed by atoms with Crippen LogP contribution in [0.5, 0.6) is 0 Å². The topological polar surface area (TPSA) is 92.4 Å². The lowest BCUT2D eigenvalue weighted by Crippen LogP contribution is -1.92. The molecule has 10 heavy (non-hydrogen) atoms. The van der Waals surface area contributed by atoms with Crippen LogP contribution in [0.3, 0.4) is 0 Å². The average molecular weight is 139 g/mol. The minimum absolute atomic E-state index is 0.157. The lowest BCUT2D eigenvalue weighted by Gasteiger charge is -1.78. The van der Waals surface area contributed by atoms with E-state index in [2.05, 4.69) is 25.4 Å². The summed E-state index contributed by atoms with van der Waals surface area (Å²) < 4.78 is 0. The fourth-order valence-corrected chi connectivity index (χ4v) is 0.482. The third-order valence-electron chi connectivity index (χ3n) is 0.825. The highest BCUT2D eigenvalue weighted by molar-refractivity contribution is 4.74. The van der Waals surface area contributed by atoms with Crippen molar-refractivity contribution >= 4 is 0 Å². The predicted molar refractivity (Wildman–Crippen MR) is 31.6 cm³/mol. The summed E-state index contributed by atoms with van der Waals surface area (Å²) in [4.78, 5) is 3.86. The summed E-state index contributed by atoms with van der Waals surface area (Å²) in [6.45, 7) is 0.157. The van der Waals surface area contributed by atoms with Crippen LogP contribution in [0.25, 0.3) is 10.4 Å². The Labute approximate surface area is 56.3 Å². The number of tetrazole rings is 1. The van der Waals surface area contributed by atoms with E-state index in [9.17, 15) is 0 Å². The molecule has 1 aromatic heterocycles. The van der Waals surface area contributed by atoms with Gasteiger partial charge in [0.25, 0.3) is 0 Å². The van der Waals surface area contributed by atoms with Crippen LogP contribution in [0.1, 0.15) is 5.82 Å². The molecule has 7 heteroatoms. The van der Waals surface area contributed by atoms with Gasteiger partial charge in [0.2, 0.25) is 0 Å². The number of hydrogen-bond acceptors (Lipinski definition) is 4. The molecule has 0 aromatic carbocycles. The van der Waals surface area contributed by atoms with Crippen LogP contribution in [-0.4, -0.2) is 20.2 Å². The van der Waals surface area contributed by atoms with Gasteiger partial charge in [-0.2, -0.15) is 4.80 Å². The second kappa shape index (κ2) is 2.79. The Morgan fingerprint density at radius 3 is 3.10 bits per heavy atom. The predicted octanol–water partition coefficient (Wildman–Crippen LogP) is 0.0204. The Kier molecular flexibility index (Phi) is 1.81. The van der Waals surface area contributed by atoms with Crippen molar-refractivity contribution in [2.45, 2.75) is 6.54 Å². The second-order valence-electron chi connectivity index (χ2n) is 1.58. The van der Waals surface area contributed by atoms with Crippen LogP contribution >= 0.6 is 0 Å². The van der Waals surface area contributed by atoms with E-state index in [4.69, 9.17) is 5.53 Å². The minimum atomic E-state index is 0.157. The molecule has 0 spiro atoms. The molecule has 0 saturated heterocycles. The average Bonchev–Trinajstić information content (AvgIpc) is 2.31. The molecule has 1 aromatic rings. The summed E-state index contributed by atoms with van der Waals surface area (Å²) in [5.74, 6) is 0.431. The van der Waals surface area contributed by atoms with Crippen molar-refractivity contribution < 1.29 is 0 Å². The molecule has 0 bridgehead atoms. The Morgan fingerprint density at radius 1 is 1.80 bits per heavy atom. The van der Waals surface area contributed by atoms with Gasteiger partial charge in [-0.05, 0) is 10.7 Å². The minimum Gasteiger partial charge on any atom is -0.167 e. The van der Waals surface area contributed by atoms with Gasteiger partial charge in [-0.3, -0.25) is 0 Å². The van der Waals surface area contributed by atoms with E-state index in [1.807, 2.05) is 0 Å². The van der Waals surface area contributed by atoms with Gasteiger partial charge in [0.1, 0.15) is 0 Å². The monoisotopic (exact) mass is 139 g/mol. The van der Waals surface area contributed by atoms with Crippen molar-refractivity contribution in [3.8, 4) is 0 Å². The SMILES string of the molecule is Cn1nnc(CN=[N+]=[N-])n1. The van der Waals surface area contributed by atoms with Gasteiger partial charge >= 0.3 is 0 Å². The summed E-state index contributed by atoms with van der Waals surface area (Å²) in [5.41, 5.74) is 7.91. The molecule has 1 heterocycles. The zero-order valence-electron chi connectivity index (χ0n) is 5.34. The summed E-state index contributed by atoms with van der Waals surface area (Å²) in [5, 5.41) is 14.2. The highest BCUT2D eigenvalue weighted by Crippen LogP contribution is 1.87. The lowest BCUT2D eigenvalue weighted by atomic mass is 10.6. The zero-order valence-corrected chi connectivity index (χ0v) is 5.34. The third kappa shape index (κ3) is 1.43. The van der Waals surface area contributed by atoms with Crippen LogP contribution in [0.2, 0.25) is 0 Å². The number of hydrogen-bond donors (Lipinski definition) is 0. The summed E-state index contributed by atoms with van der Waals surface area (Å²) in [6, 6.07) is 0. The number of aromatic nitrogens is 4. The lowest BCUT2D eigenvalue weighted by molar-refractivity contribution is 0.627. The molecule has 0 aliphatic carbocycles. The summed E-state index contributed by atoms with van der Waals surface area (Å²) >= 11 is 0. The van der Waals surface area contributed by atoms with E-state index in [1.54, 1.807) is 7.05 Å². The van der Waals surface area contributed by atoms with Crippen LogP contribution in [0, 0.1) is 0 Å². The van der Waals surface area contributed by atoms with Crippen molar-refractivity contribution in [1.82, 2.24) is 20.2 Å². The molecular weight excluding hydrogens is 134 g/mol. The van der Waals surface area contributed by atoms with Crippen LogP contribution < -0.4 is 0 Å². The Bertz CT molecular complexity index is 256. The van der Waals surface area contributed by atoms with Crippen LogP contribution in [-0.2, 0) is 13.6 Å². The van der Waals surface area contributed by atoms with E-state index in [-0.39, 0.29) is 6.54 Å². The largest absolute Gasteiger partial charge is 0.180 e. The molecule has 0 N–H and O–H groups in total. The third-order valence-corrected chi connectivity index (χ3v) is 0.825. The normalized spacial score (nSPS) is 8.90. The van der Waals surface area contributed by atoms with Crippen molar-refractivity contribution in [2.75, 3.05) is 0 Å². The van der Waals surface area contributed by atoms with Gasteiger partial charge in [-0.1, -0.05) is 5.11 Å². The quantitative estimate of drug-likeness (QED) is 0.328. The smallest absolute Gasteiger partial charge is 0.167 e. The van der Waals surface area contributed by atoms with Crippen LogP contribution in [0.15, 0.2) is 5.11 Å². The van der Waals surface area contributed by atoms with Gasteiger partial charge in [0.15, 0.2) is 5.82 Å². The number of azide groups is 1. The highest BCUT2D eigenvalue weighted by Gasteiger charge is 1.95. The first-order valence-corrected chi connectivity index (χ1v) is 2.56. The van der Waals surface area contributed by atoms with Gasteiger partial charge in [0, 0.05) is 4.91 Å². The number of rotatable bonds is 2. The Hall–Kier alpha value is -1.62. The molecule has 7 nitrogen and oxygen atoms in total. The molecule has 0 aliphatic rings. The first kappa shape index (κ1) is 6.50. The first-order valence-electron chi connectivity index (χ1n) is 2.56. The molecule has 0 unspecified atom stereocenters. The molecule has 0 aliphatic heterocycles. The standard InChI is InChI=1S/C3H5N7/c1-10-7-3(6-9-10)2-5-8-4/h2H2,1H3. The highest BCUT2D eigenvalue weighted by atomic mass is 15.6. The zero-order chi connectivity index (χ0) is 7.40. The number of aryl methyl sites for hydroxylation is 1. The maximum absolute atomic E-state index is 7.91. The molecule has 0 fully saturated rings.